The van der Waals surface area contributed by atoms with Crippen molar-refractivity contribution >= 4 is 17.6 Å². The van der Waals surface area contributed by atoms with E-state index in [9.17, 15) is 9.59 Å². The van der Waals surface area contributed by atoms with Gasteiger partial charge in [0.05, 0.1) is 5.69 Å². The number of aliphatic carboxylic acids is 1. The van der Waals surface area contributed by atoms with Crippen LogP contribution in [0.5, 0.6) is 0 Å². The van der Waals surface area contributed by atoms with Gasteiger partial charge in [-0.05, 0) is 12.1 Å². The molecule has 0 saturated heterocycles. The van der Waals surface area contributed by atoms with Crippen molar-refractivity contribution in [3.63, 3.8) is 0 Å². The molecule has 0 fully saturated rings. The van der Waals surface area contributed by atoms with E-state index in [0.717, 1.165) is 6.08 Å². The van der Waals surface area contributed by atoms with Crippen molar-refractivity contribution in [3.8, 4) is 0 Å². The summed E-state index contributed by atoms with van der Waals surface area (Å²) < 4.78 is 0. The predicted molar refractivity (Wildman–Crippen MR) is 52.9 cm³/mol. The average Bonchev–Trinajstić information content (AvgIpc) is 2.25. The molecule has 0 heterocycles. The Kier molecular flexibility index (Phi) is 3.91. The first-order chi connectivity index (χ1) is 7.18. The first kappa shape index (κ1) is 10.8. The largest absolute Gasteiger partial charge is 0.478 e. The van der Waals surface area contributed by atoms with Gasteiger partial charge in [0.1, 0.15) is 0 Å². The molecule has 0 aliphatic carbocycles. The minimum absolute atomic E-state index is 0.606. The fourth-order valence-electron chi connectivity index (χ4n) is 0.789. The molecule has 0 radical (unpaired) electrons. The molecule has 2 N–H and O–H groups in total. The Bertz CT molecular complexity index is 372. The van der Waals surface area contributed by atoms with Crippen molar-refractivity contribution in [1.29, 1.82) is 0 Å². The number of carbonyl (C=O) groups excluding carboxylic acids is 1. The summed E-state index contributed by atoms with van der Waals surface area (Å²) in [4.78, 5) is 25.5. The molecule has 0 bridgehead atoms. The SMILES string of the molecule is O=C(O)/C=C\C(=O)ONc1ccccc1. The highest BCUT2D eigenvalue weighted by atomic mass is 16.7. The Morgan fingerprint density at radius 2 is 1.87 bits per heavy atom. The molecule has 1 aromatic rings. The molecule has 0 aliphatic heterocycles. The van der Waals surface area contributed by atoms with Crippen LogP contribution >= 0.6 is 0 Å². The Balaban J connectivity index is 2.38. The summed E-state index contributed by atoms with van der Waals surface area (Å²) in [6.07, 6.45) is 1.52. The zero-order valence-corrected chi connectivity index (χ0v) is 7.71. The molecule has 0 spiro atoms. The highest BCUT2D eigenvalue weighted by Crippen LogP contribution is 2.04. The lowest BCUT2D eigenvalue weighted by atomic mass is 10.3. The van der Waals surface area contributed by atoms with Crippen molar-refractivity contribution in [2.45, 2.75) is 0 Å². The maximum Gasteiger partial charge on any atom is 0.355 e. The third-order valence-corrected chi connectivity index (χ3v) is 1.41. The van der Waals surface area contributed by atoms with Crippen LogP contribution in [0.15, 0.2) is 42.5 Å². The number of benzene rings is 1. The maximum absolute atomic E-state index is 10.9. The zero-order chi connectivity index (χ0) is 11.1. The second kappa shape index (κ2) is 5.43. The summed E-state index contributed by atoms with van der Waals surface area (Å²) >= 11 is 0. The van der Waals surface area contributed by atoms with Gasteiger partial charge in [0, 0.05) is 12.2 Å². The number of carboxylic acid groups (broad SMARTS) is 1. The number of anilines is 1. The standard InChI is InChI=1S/C10H9NO4/c12-9(13)6-7-10(14)15-11-8-4-2-1-3-5-8/h1-7,11H,(H,12,13)/b7-6-. The maximum atomic E-state index is 10.9. The van der Waals surface area contributed by atoms with E-state index in [0.29, 0.717) is 11.8 Å². The summed E-state index contributed by atoms with van der Waals surface area (Å²) in [7, 11) is 0. The van der Waals surface area contributed by atoms with Gasteiger partial charge in [0.15, 0.2) is 0 Å². The third kappa shape index (κ3) is 4.47. The van der Waals surface area contributed by atoms with Gasteiger partial charge in [-0.3, -0.25) is 0 Å². The summed E-state index contributed by atoms with van der Waals surface area (Å²) in [6, 6.07) is 8.76. The smallest absolute Gasteiger partial charge is 0.355 e. The van der Waals surface area contributed by atoms with Crippen molar-refractivity contribution in [3.05, 3.63) is 42.5 Å². The van der Waals surface area contributed by atoms with Gasteiger partial charge in [-0.15, -0.1) is 0 Å². The number of carbonyl (C=O) groups is 2. The number of carboxylic acids is 1. The lowest BCUT2D eigenvalue weighted by Crippen LogP contribution is -2.08. The highest BCUT2D eigenvalue weighted by Gasteiger charge is 1.98. The first-order valence-corrected chi connectivity index (χ1v) is 4.11. The van der Waals surface area contributed by atoms with E-state index in [4.69, 9.17) is 5.11 Å². The molecular formula is C10H9NO4. The molecule has 0 unspecified atom stereocenters. The topological polar surface area (TPSA) is 75.6 Å². The van der Waals surface area contributed by atoms with Gasteiger partial charge in [-0.25, -0.2) is 15.1 Å². The van der Waals surface area contributed by atoms with Crippen LogP contribution in [0.1, 0.15) is 0 Å². The summed E-state index contributed by atoms with van der Waals surface area (Å²) in [5, 5.41) is 8.23. The number of rotatable bonds is 4. The van der Waals surface area contributed by atoms with E-state index >= 15 is 0 Å². The summed E-state index contributed by atoms with van der Waals surface area (Å²) in [5.74, 6) is -1.98. The van der Waals surface area contributed by atoms with E-state index in [-0.39, 0.29) is 0 Å². The molecule has 5 heteroatoms. The summed E-state index contributed by atoms with van der Waals surface area (Å²) in [5.41, 5.74) is 2.98. The Morgan fingerprint density at radius 3 is 2.47 bits per heavy atom. The van der Waals surface area contributed by atoms with E-state index < -0.39 is 11.9 Å². The summed E-state index contributed by atoms with van der Waals surface area (Å²) in [6.45, 7) is 0. The number of para-hydroxylation sites is 1. The average molecular weight is 207 g/mol. The molecule has 0 saturated carbocycles. The van der Waals surface area contributed by atoms with E-state index in [2.05, 4.69) is 10.3 Å². The van der Waals surface area contributed by atoms with Crippen LogP contribution < -0.4 is 5.48 Å². The second-order valence-electron chi connectivity index (χ2n) is 2.56. The van der Waals surface area contributed by atoms with Gasteiger partial charge < -0.3 is 9.94 Å². The molecule has 0 aromatic heterocycles. The van der Waals surface area contributed by atoms with Gasteiger partial charge in [-0.2, -0.15) is 0 Å². The normalized spacial score (nSPS) is 9.87. The van der Waals surface area contributed by atoms with Crippen molar-refractivity contribution < 1.29 is 19.5 Å². The molecule has 5 nitrogen and oxygen atoms in total. The van der Waals surface area contributed by atoms with Crippen LogP contribution in [0, 0.1) is 0 Å². The van der Waals surface area contributed by atoms with Crippen molar-refractivity contribution in [2.75, 3.05) is 5.48 Å². The first-order valence-electron chi connectivity index (χ1n) is 4.11. The Labute approximate surface area is 85.9 Å². The third-order valence-electron chi connectivity index (χ3n) is 1.41. The van der Waals surface area contributed by atoms with Gasteiger partial charge >= 0.3 is 11.9 Å². The molecule has 0 aliphatic rings. The lowest BCUT2D eigenvalue weighted by Gasteiger charge is -2.03. The van der Waals surface area contributed by atoms with Crippen LogP contribution in [0.25, 0.3) is 0 Å². The predicted octanol–water partition coefficient (Wildman–Crippen LogP) is 1.20. The molecule has 0 atom stereocenters. The molecule has 0 amide bonds. The fraction of sp³-hybridized carbons (Fsp3) is 0. The van der Waals surface area contributed by atoms with E-state index in [1.54, 1.807) is 24.3 Å². The van der Waals surface area contributed by atoms with Crippen molar-refractivity contribution in [2.24, 2.45) is 0 Å². The minimum atomic E-state index is -1.20. The monoisotopic (exact) mass is 207 g/mol. The van der Waals surface area contributed by atoms with Crippen LogP contribution in [0.2, 0.25) is 0 Å². The fourth-order valence-corrected chi connectivity index (χ4v) is 0.789. The van der Waals surface area contributed by atoms with E-state index in [1.807, 2.05) is 6.07 Å². The van der Waals surface area contributed by atoms with Crippen LogP contribution in [-0.2, 0) is 14.4 Å². The van der Waals surface area contributed by atoms with Crippen LogP contribution in [-0.4, -0.2) is 17.0 Å². The molecule has 1 rings (SSSR count). The van der Waals surface area contributed by atoms with Crippen LogP contribution in [0.3, 0.4) is 0 Å². The lowest BCUT2D eigenvalue weighted by molar-refractivity contribution is -0.136. The molecule has 15 heavy (non-hydrogen) atoms. The minimum Gasteiger partial charge on any atom is -0.478 e. The molecule has 1 aromatic carbocycles. The highest BCUT2D eigenvalue weighted by molar-refractivity contribution is 5.90. The quantitative estimate of drug-likeness (QED) is 0.573. The Morgan fingerprint density at radius 1 is 1.20 bits per heavy atom. The number of hydrogen-bond acceptors (Lipinski definition) is 4. The van der Waals surface area contributed by atoms with Crippen LogP contribution in [0.4, 0.5) is 5.69 Å². The number of hydrogen-bond donors (Lipinski definition) is 2. The second-order valence-corrected chi connectivity index (χ2v) is 2.56. The van der Waals surface area contributed by atoms with Gasteiger partial charge in [0.2, 0.25) is 0 Å². The Hall–Kier alpha value is -2.30. The zero-order valence-electron chi connectivity index (χ0n) is 7.71. The van der Waals surface area contributed by atoms with Crippen molar-refractivity contribution in [1.82, 2.24) is 0 Å². The number of nitrogens with one attached hydrogen (secondary N) is 1. The molecular weight excluding hydrogens is 198 g/mol. The van der Waals surface area contributed by atoms with Gasteiger partial charge in [0.25, 0.3) is 0 Å². The van der Waals surface area contributed by atoms with Gasteiger partial charge in [-0.1, -0.05) is 18.2 Å². The van der Waals surface area contributed by atoms with E-state index in [1.165, 1.54) is 0 Å². The molecule has 78 valence electrons.